The van der Waals surface area contributed by atoms with Crippen LogP contribution in [0.1, 0.15) is 44.6 Å². The zero-order valence-corrected chi connectivity index (χ0v) is 26.2. The fourth-order valence-electron chi connectivity index (χ4n) is 7.98. The number of carbonyl (C=O) groups excluding carboxylic acids is 1. The smallest absolute Gasteiger partial charge is 0.407 e. The number of hydrogen-bond donors (Lipinski definition) is 1. The predicted molar refractivity (Wildman–Crippen MR) is 173 cm³/mol. The zero-order chi connectivity index (χ0) is 31.3. The summed E-state index contributed by atoms with van der Waals surface area (Å²) in [7, 11) is 0. The highest BCUT2D eigenvalue weighted by molar-refractivity contribution is 6.00. The van der Waals surface area contributed by atoms with Crippen LogP contribution in [-0.2, 0) is 15.9 Å². The minimum absolute atomic E-state index is 0.0225. The average Bonchev–Trinajstić information content (AvgIpc) is 3.58. The molecule has 5 aliphatic heterocycles. The number of anilines is 1. The normalized spacial score (nSPS) is 23.3. The monoisotopic (exact) mass is 626 g/mol. The van der Waals surface area contributed by atoms with Crippen LogP contribution in [0.5, 0.6) is 6.01 Å². The second-order valence-corrected chi connectivity index (χ2v) is 13.4. The van der Waals surface area contributed by atoms with Crippen LogP contribution in [0, 0.1) is 5.82 Å². The first kappa shape index (κ1) is 29.3. The lowest BCUT2D eigenvalue weighted by Crippen LogP contribution is -2.55. The molecule has 1 N–H and O–H groups in total. The molecule has 46 heavy (non-hydrogen) atoms. The molecule has 0 spiro atoms. The summed E-state index contributed by atoms with van der Waals surface area (Å²) >= 11 is 0. The maximum absolute atomic E-state index is 17.0. The van der Waals surface area contributed by atoms with Gasteiger partial charge in [0, 0.05) is 24.8 Å². The van der Waals surface area contributed by atoms with Crippen LogP contribution in [-0.4, -0.2) is 89.6 Å². The number of alkyl carbamates (subject to hydrolysis) is 1. The van der Waals surface area contributed by atoms with E-state index in [2.05, 4.69) is 10.2 Å². The quantitative estimate of drug-likeness (QED) is 0.326. The summed E-state index contributed by atoms with van der Waals surface area (Å²) < 4.78 is 35.0. The molecule has 1 atom stereocenters. The first-order chi connectivity index (χ1) is 22.4. The van der Waals surface area contributed by atoms with E-state index < -0.39 is 17.4 Å². The van der Waals surface area contributed by atoms with Crippen molar-refractivity contribution >= 4 is 33.6 Å². The van der Waals surface area contributed by atoms with Crippen molar-refractivity contribution in [2.45, 2.75) is 56.5 Å². The topological polar surface area (TPSA) is 102 Å². The van der Waals surface area contributed by atoms with Gasteiger partial charge in [0.25, 0.3) is 0 Å². The Bertz CT molecular complexity index is 1800. The summed E-state index contributed by atoms with van der Waals surface area (Å²) in [5.74, 6) is -0.00965. The molecule has 2 aromatic carbocycles. The Morgan fingerprint density at radius 1 is 1.04 bits per heavy atom. The van der Waals surface area contributed by atoms with Crippen molar-refractivity contribution in [3.8, 4) is 17.3 Å². The van der Waals surface area contributed by atoms with Gasteiger partial charge in [-0.3, -0.25) is 9.88 Å². The molecular weight excluding hydrogens is 587 g/mol. The number of fused-ring (bicyclic) bond motifs is 7. The minimum atomic E-state index is -0.791. The second-order valence-electron chi connectivity index (χ2n) is 13.4. The van der Waals surface area contributed by atoms with E-state index in [4.69, 9.17) is 29.2 Å². The van der Waals surface area contributed by atoms with Crippen LogP contribution in [0.25, 0.3) is 32.9 Å². The largest absolute Gasteiger partial charge is 0.461 e. The standard InChI is InChI=1S/C35H39FN6O4/c1-34-20-41(16-18-44-21-34)31-26-19-37-29(25-11-3-9-23-7-2-8-24(27(23)25)10-4-17-45-33(43)40-34)28(36)30(26)38-32(39-31)46-22-35-12-5-14-42(35)15-6-13-35/h2-3,7-9,11,19H,4-6,10,12-18,20-22H2,1H3,(H,40,43)/t34-/m1/s1. The van der Waals surface area contributed by atoms with Crippen molar-refractivity contribution in [2.24, 2.45) is 0 Å². The van der Waals surface area contributed by atoms with Crippen molar-refractivity contribution in [1.29, 1.82) is 0 Å². The SMILES string of the molecule is C[C@]12COCCN(C1)c1nc(OCC34CCCN3CCC4)nc3c(F)c(ncc13)-c1cccc3cccc(c13)CCCOC(=O)N2. The molecule has 2 aromatic heterocycles. The van der Waals surface area contributed by atoms with Gasteiger partial charge in [0.15, 0.2) is 5.82 Å². The Hall–Kier alpha value is -4.09. The van der Waals surface area contributed by atoms with E-state index in [1.807, 2.05) is 48.2 Å². The van der Waals surface area contributed by atoms with E-state index in [9.17, 15) is 4.79 Å². The van der Waals surface area contributed by atoms with E-state index in [1.54, 1.807) is 6.20 Å². The number of nitrogens with zero attached hydrogens (tertiary/aromatic N) is 5. The number of ether oxygens (including phenoxy) is 3. The van der Waals surface area contributed by atoms with Crippen molar-refractivity contribution in [3.63, 3.8) is 0 Å². The van der Waals surface area contributed by atoms with Gasteiger partial charge in [-0.15, -0.1) is 0 Å². The Kier molecular flexibility index (Phi) is 7.40. The molecule has 6 bridgehead atoms. The van der Waals surface area contributed by atoms with E-state index in [1.165, 1.54) is 0 Å². The molecule has 5 aliphatic rings. The minimum Gasteiger partial charge on any atom is -0.461 e. The summed E-state index contributed by atoms with van der Waals surface area (Å²) in [5, 5.41) is 5.43. The third kappa shape index (κ3) is 5.19. The number of halogens is 1. The number of nitrogens with one attached hydrogen (secondary N) is 1. The van der Waals surface area contributed by atoms with E-state index >= 15 is 4.39 Å². The summed E-state index contributed by atoms with van der Waals surface area (Å²) in [4.78, 5) is 31.9. The molecule has 3 fully saturated rings. The summed E-state index contributed by atoms with van der Waals surface area (Å²) in [6.07, 6.45) is 6.87. The Labute approximate surface area is 267 Å². The molecule has 7 heterocycles. The molecule has 3 saturated heterocycles. The average molecular weight is 627 g/mol. The number of pyridine rings is 1. The molecule has 9 rings (SSSR count). The third-order valence-corrected chi connectivity index (χ3v) is 10.2. The molecule has 0 radical (unpaired) electrons. The third-order valence-electron chi connectivity index (χ3n) is 10.2. The molecule has 240 valence electrons. The van der Waals surface area contributed by atoms with E-state index in [0.29, 0.717) is 55.9 Å². The van der Waals surface area contributed by atoms with Gasteiger partial charge < -0.3 is 24.4 Å². The zero-order valence-electron chi connectivity index (χ0n) is 26.2. The van der Waals surface area contributed by atoms with Gasteiger partial charge in [0.05, 0.1) is 36.3 Å². The number of amides is 1. The lowest BCUT2D eigenvalue weighted by atomic mass is 9.94. The molecule has 1 amide bonds. The second kappa shape index (κ2) is 11.6. The molecule has 0 saturated carbocycles. The van der Waals surface area contributed by atoms with Gasteiger partial charge in [-0.25, -0.2) is 9.18 Å². The number of carbonyl (C=O) groups is 1. The van der Waals surface area contributed by atoms with Crippen LogP contribution in [0.3, 0.4) is 0 Å². The molecule has 10 nitrogen and oxygen atoms in total. The Balaban J connectivity index is 1.30. The molecule has 0 unspecified atom stereocenters. The van der Waals surface area contributed by atoms with E-state index in [-0.39, 0.29) is 36.0 Å². The van der Waals surface area contributed by atoms with Gasteiger partial charge in [0.2, 0.25) is 0 Å². The van der Waals surface area contributed by atoms with Gasteiger partial charge in [-0.2, -0.15) is 9.97 Å². The van der Waals surface area contributed by atoms with Gasteiger partial charge in [0.1, 0.15) is 23.6 Å². The van der Waals surface area contributed by atoms with Crippen molar-refractivity contribution in [3.05, 3.63) is 54.0 Å². The summed E-state index contributed by atoms with van der Waals surface area (Å²) in [6.45, 7) is 6.30. The Morgan fingerprint density at radius 3 is 2.72 bits per heavy atom. The first-order valence-electron chi connectivity index (χ1n) is 16.4. The van der Waals surface area contributed by atoms with Gasteiger partial charge in [-0.05, 0) is 74.9 Å². The summed E-state index contributed by atoms with van der Waals surface area (Å²) in [5.41, 5.74) is 1.31. The number of benzene rings is 2. The van der Waals surface area contributed by atoms with Crippen LogP contribution in [0.2, 0.25) is 0 Å². The van der Waals surface area contributed by atoms with Gasteiger partial charge >= 0.3 is 12.1 Å². The highest BCUT2D eigenvalue weighted by Crippen LogP contribution is 2.40. The van der Waals surface area contributed by atoms with Crippen LogP contribution in [0.4, 0.5) is 15.0 Å². The highest BCUT2D eigenvalue weighted by Gasteiger charge is 2.45. The molecule has 4 aromatic rings. The molecule has 11 heteroatoms. The van der Waals surface area contributed by atoms with Crippen LogP contribution >= 0.6 is 0 Å². The predicted octanol–water partition coefficient (Wildman–Crippen LogP) is 5.26. The maximum atomic E-state index is 17.0. The van der Waals surface area contributed by atoms with Crippen molar-refractivity contribution in [2.75, 3.05) is 57.5 Å². The first-order valence-corrected chi connectivity index (χ1v) is 16.4. The number of rotatable bonds is 3. The van der Waals surface area contributed by atoms with Crippen molar-refractivity contribution in [1.82, 2.24) is 25.2 Å². The van der Waals surface area contributed by atoms with Crippen LogP contribution in [0.15, 0.2) is 42.6 Å². The molecular formula is C35H39FN6O4. The number of aryl methyl sites for hydroxylation is 1. The lowest BCUT2D eigenvalue weighted by Gasteiger charge is -2.34. The summed E-state index contributed by atoms with van der Waals surface area (Å²) in [6, 6.07) is 12.1. The Morgan fingerprint density at radius 2 is 1.87 bits per heavy atom. The fraction of sp³-hybridized carbons (Fsp3) is 0.486. The van der Waals surface area contributed by atoms with E-state index in [0.717, 1.165) is 55.1 Å². The molecule has 0 aliphatic carbocycles. The lowest BCUT2D eigenvalue weighted by molar-refractivity contribution is 0.0870. The highest BCUT2D eigenvalue weighted by atomic mass is 19.1. The van der Waals surface area contributed by atoms with Gasteiger partial charge in [-0.1, -0.05) is 36.4 Å². The van der Waals surface area contributed by atoms with Crippen LogP contribution < -0.4 is 15.0 Å². The fourth-order valence-corrected chi connectivity index (χ4v) is 7.98. The number of hydrogen-bond acceptors (Lipinski definition) is 9. The maximum Gasteiger partial charge on any atom is 0.407 e. The number of aromatic nitrogens is 3. The van der Waals surface area contributed by atoms with Crippen molar-refractivity contribution < 1.29 is 23.4 Å².